The highest BCUT2D eigenvalue weighted by atomic mass is 16.4. The minimum Gasteiger partial charge on any atom is -0.498 e. The second-order valence-electron chi connectivity index (χ2n) is 7.54. The van der Waals surface area contributed by atoms with Crippen molar-refractivity contribution in [2.45, 2.75) is 41.5 Å². The van der Waals surface area contributed by atoms with Gasteiger partial charge in [-0.05, 0) is 52.7 Å². The maximum atomic E-state index is 12.3. The van der Waals surface area contributed by atoms with Crippen molar-refractivity contribution in [2.24, 2.45) is 0 Å². The van der Waals surface area contributed by atoms with E-state index in [0.29, 0.717) is 0 Å². The van der Waals surface area contributed by atoms with Gasteiger partial charge in [-0.3, -0.25) is 4.90 Å². The number of amides is 1. The molecule has 0 bridgehead atoms. The molecule has 136 valence electrons. The number of rotatable bonds is 2. The zero-order valence-corrected chi connectivity index (χ0v) is 16.4. The molecule has 2 aromatic carbocycles. The van der Waals surface area contributed by atoms with Crippen LogP contribution >= 0.6 is 0 Å². The molecule has 1 unspecified atom stereocenters. The van der Waals surface area contributed by atoms with Crippen LogP contribution in [0.15, 0.2) is 36.7 Å². The largest absolute Gasteiger partial charge is 0.498 e. The fourth-order valence-corrected chi connectivity index (χ4v) is 4.46. The molecular weight excluding hydrogens is 324 g/mol. The summed E-state index contributed by atoms with van der Waals surface area (Å²) < 4.78 is -0.315. The minimum atomic E-state index is -1.11. The smallest absolute Gasteiger partial charge is 0.269 e. The van der Waals surface area contributed by atoms with E-state index in [2.05, 4.69) is 32.9 Å². The summed E-state index contributed by atoms with van der Waals surface area (Å²) in [5.41, 5.74) is 8.41. The van der Waals surface area contributed by atoms with Crippen LogP contribution < -0.4 is 14.5 Å². The van der Waals surface area contributed by atoms with Crippen molar-refractivity contribution in [3.8, 4) is 0 Å². The lowest BCUT2D eigenvalue weighted by molar-refractivity contribution is -0.260. The second kappa shape index (κ2) is 6.29. The Kier molecular flexibility index (Phi) is 4.41. The lowest BCUT2D eigenvalue weighted by Gasteiger charge is -2.34. The Bertz CT molecular complexity index is 884. The quantitative estimate of drug-likeness (QED) is 0.765. The summed E-state index contributed by atoms with van der Waals surface area (Å²) in [5, 5.41) is 12.3. The Balaban J connectivity index is 2.12. The van der Waals surface area contributed by atoms with E-state index < -0.39 is 6.09 Å². The summed E-state index contributed by atoms with van der Waals surface area (Å²) in [5.74, 6) is 0. The van der Waals surface area contributed by atoms with Crippen LogP contribution in [0.3, 0.4) is 0 Å². The Labute approximate surface area is 155 Å². The Morgan fingerprint density at radius 3 is 1.81 bits per heavy atom. The van der Waals surface area contributed by atoms with Gasteiger partial charge in [0, 0.05) is 11.1 Å². The molecule has 0 radical (unpaired) electrons. The van der Waals surface area contributed by atoms with Crippen LogP contribution in [0.25, 0.3) is 0 Å². The van der Waals surface area contributed by atoms with Crippen molar-refractivity contribution in [1.82, 2.24) is 4.48 Å². The van der Waals surface area contributed by atoms with Crippen LogP contribution in [-0.4, -0.2) is 12.8 Å². The summed E-state index contributed by atoms with van der Waals surface area (Å²) in [4.78, 5) is 14.3. The average Bonchev–Trinajstić information content (AvgIpc) is 2.91. The Morgan fingerprint density at radius 2 is 1.35 bits per heavy atom. The summed E-state index contributed by atoms with van der Waals surface area (Å²) >= 11 is 0. The van der Waals surface area contributed by atoms with Crippen LogP contribution in [0.5, 0.6) is 0 Å². The molecule has 1 aliphatic rings. The Morgan fingerprint density at radius 1 is 0.885 bits per heavy atom. The Hall–Kier alpha value is -2.59. The van der Waals surface area contributed by atoms with Crippen LogP contribution in [0.2, 0.25) is 0 Å². The van der Waals surface area contributed by atoms with Crippen LogP contribution in [0.1, 0.15) is 33.4 Å². The number of hydrogen-bond acceptors (Lipinski definition) is 3. The van der Waals surface area contributed by atoms with E-state index in [-0.39, 0.29) is 11.2 Å². The van der Waals surface area contributed by atoms with Crippen molar-refractivity contribution < 1.29 is 9.90 Å². The van der Waals surface area contributed by atoms with Gasteiger partial charge in [0.2, 0.25) is 0 Å². The predicted octanol–water partition coefficient (Wildman–Crippen LogP) is 4.14. The number of carboxylic acid groups (broad SMARTS) is 1. The number of carbonyl (C=O) groups excluding carboxylic acids is 1. The van der Waals surface area contributed by atoms with E-state index in [1.165, 1.54) is 5.56 Å². The minimum absolute atomic E-state index is 0.289. The molecule has 0 saturated carbocycles. The molecule has 0 aromatic heterocycles. The number of aryl methyl sites for hydroxylation is 6. The molecule has 0 saturated heterocycles. The van der Waals surface area contributed by atoms with E-state index >= 15 is 0 Å². The average molecular weight is 350 g/mol. The molecule has 0 aliphatic carbocycles. The lowest BCUT2D eigenvalue weighted by atomic mass is 10.0. The van der Waals surface area contributed by atoms with E-state index in [1.54, 1.807) is 6.20 Å². The standard InChI is InChI=1S/C22H26N2O2/c1-14-9-16(3)20(17(4)10-14)23-7-8-24(13-23,22(25)26)21-18(5)11-15(2)12-19(21)6/h7-12H,13H2,1-6H3. The van der Waals surface area contributed by atoms with Gasteiger partial charge in [0.05, 0.1) is 11.9 Å². The third kappa shape index (κ3) is 2.80. The number of hydrogen-bond donors (Lipinski definition) is 0. The van der Waals surface area contributed by atoms with Gasteiger partial charge in [-0.25, -0.2) is 0 Å². The first-order valence-corrected chi connectivity index (χ1v) is 8.87. The van der Waals surface area contributed by atoms with Gasteiger partial charge in [0.15, 0.2) is 12.4 Å². The van der Waals surface area contributed by atoms with E-state index in [0.717, 1.165) is 39.2 Å². The predicted molar refractivity (Wildman–Crippen MR) is 105 cm³/mol. The third-order valence-electron chi connectivity index (χ3n) is 5.16. The number of anilines is 1. The van der Waals surface area contributed by atoms with E-state index in [4.69, 9.17) is 0 Å². The lowest BCUT2D eigenvalue weighted by Crippen LogP contribution is -2.58. The maximum absolute atomic E-state index is 12.3. The molecule has 0 fully saturated rings. The van der Waals surface area contributed by atoms with Crippen LogP contribution in [-0.2, 0) is 0 Å². The normalized spacial score (nSPS) is 19.2. The van der Waals surface area contributed by atoms with Crippen LogP contribution in [0, 0.1) is 41.5 Å². The van der Waals surface area contributed by atoms with E-state index in [9.17, 15) is 9.90 Å². The molecule has 0 N–H and O–H groups in total. The third-order valence-corrected chi connectivity index (χ3v) is 5.16. The molecule has 4 heteroatoms. The molecule has 4 nitrogen and oxygen atoms in total. The molecule has 2 aromatic rings. The van der Waals surface area contributed by atoms with Crippen molar-refractivity contribution in [3.63, 3.8) is 0 Å². The summed E-state index contributed by atoms with van der Waals surface area (Å²) in [6.07, 6.45) is 2.50. The van der Waals surface area contributed by atoms with Gasteiger partial charge in [0.1, 0.15) is 6.20 Å². The number of nitrogens with zero attached hydrogens (tertiary/aromatic N) is 2. The molecule has 26 heavy (non-hydrogen) atoms. The van der Waals surface area contributed by atoms with E-state index in [1.807, 2.05) is 44.0 Å². The van der Waals surface area contributed by atoms with Crippen molar-refractivity contribution in [2.75, 3.05) is 11.6 Å². The maximum Gasteiger partial charge on any atom is 0.269 e. The van der Waals surface area contributed by atoms with Gasteiger partial charge >= 0.3 is 0 Å². The highest BCUT2D eigenvalue weighted by Crippen LogP contribution is 2.38. The molecule has 0 spiro atoms. The van der Waals surface area contributed by atoms with Gasteiger partial charge in [-0.15, -0.1) is 0 Å². The van der Waals surface area contributed by atoms with Crippen molar-refractivity contribution in [1.29, 1.82) is 0 Å². The zero-order valence-electron chi connectivity index (χ0n) is 16.4. The van der Waals surface area contributed by atoms with Crippen molar-refractivity contribution in [3.05, 3.63) is 70.0 Å². The molecular formula is C22H26N2O2. The second-order valence-corrected chi connectivity index (χ2v) is 7.54. The first-order chi connectivity index (χ1) is 12.2. The summed E-state index contributed by atoms with van der Waals surface area (Å²) in [6, 6.07) is 8.32. The first kappa shape index (κ1) is 18.2. The SMILES string of the molecule is Cc1cc(C)c(N2C=C[N+](C(=O)[O-])(c3c(C)cc(C)cc3C)C2)c(C)c1. The summed E-state index contributed by atoms with van der Waals surface area (Å²) in [6.45, 7) is 12.5. The fraction of sp³-hybridized carbons (Fsp3) is 0.318. The molecule has 1 amide bonds. The molecule has 3 rings (SSSR count). The van der Waals surface area contributed by atoms with Gasteiger partial charge in [-0.1, -0.05) is 35.4 Å². The van der Waals surface area contributed by atoms with Gasteiger partial charge in [0.25, 0.3) is 6.09 Å². The first-order valence-electron chi connectivity index (χ1n) is 8.87. The molecule has 1 atom stereocenters. The van der Waals surface area contributed by atoms with Gasteiger partial charge < -0.3 is 9.90 Å². The fourth-order valence-electron chi connectivity index (χ4n) is 4.46. The highest BCUT2D eigenvalue weighted by molar-refractivity contribution is 5.86. The topological polar surface area (TPSA) is 43.4 Å². The monoisotopic (exact) mass is 350 g/mol. The number of carbonyl (C=O) groups is 1. The molecule has 1 heterocycles. The van der Waals surface area contributed by atoms with Gasteiger partial charge in [-0.2, -0.15) is 4.48 Å². The van der Waals surface area contributed by atoms with Crippen molar-refractivity contribution >= 4 is 17.5 Å². The van der Waals surface area contributed by atoms with Crippen LogP contribution in [0.4, 0.5) is 16.2 Å². The number of benzene rings is 2. The molecule has 1 aliphatic heterocycles. The zero-order chi connectivity index (χ0) is 19.2. The highest BCUT2D eigenvalue weighted by Gasteiger charge is 2.41. The summed E-state index contributed by atoms with van der Waals surface area (Å²) in [7, 11) is 0. The number of quaternary nitrogens is 1.